The van der Waals surface area contributed by atoms with Gasteiger partial charge in [0.25, 0.3) is 0 Å². The van der Waals surface area contributed by atoms with E-state index in [4.69, 9.17) is 9.47 Å². The fraction of sp³-hybridized carbons (Fsp3) is 0.520. The van der Waals surface area contributed by atoms with Crippen molar-refractivity contribution in [2.45, 2.75) is 44.6 Å². The Balaban J connectivity index is 1.29. The van der Waals surface area contributed by atoms with Gasteiger partial charge in [-0.05, 0) is 48.4 Å². The van der Waals surface area contributed by atoms with Crippen molar-refractivity contribution in [3.8, 4) is 11.6 Å². The molecule has 2 aromatic rings. The number of pyridine rings is 1. The summed E-state index contributed by atoms with van der Waals surface area (Å²) in [6.07, 6.45) is 6.03. The Kier molecular flexibility index (Phi) is 6.64. The van der Waals surface area contributed by atoms with Gasteiger partial charge in [0, 0.05) is 51.4 Å². The van der Waals surface area contributed by atoms with Crippen molar-refractivity contribution in [1.29, 1.82) is 0 Å². The summed E-state index contributed by atoms with van der Waals surface area (Å²) in [7, 11) is 3.59. The van der Waals surface area contributed by atoms with Crippen molar-refractivity contribution < 1.29 is 14.3 Å². The SMILES string of the molecule is C[C@H](CC(=O)N(C)C)c1ccc(OC2CCN(c3ccnc(OCC4CC4)c3)C2)cc1. The summed E-state index contributed by atoms with van der Waals surface area (Å²) in [6.45, 7) is 4.67. The topological polar surface area (TPSA) is 54.9 Å². The summed E-state index contributed by atoms with van der Waals surface area (Å²) in [5, 5.41) is 0. The first-order valence-corrected chi connectivity index (χ1v) is 11.3. The Bertz CT molecular complexity index is 880. The van der Waals surface area contributed by atoms with Crippen molar-refractivity contribution >= 4 is 11.6 Å². The van der Waals surface area contributed by atoms with E-state index in [0.29, 0.717) is 12.3 Å². The number of hydrogen-bond acceptors (Lipinski definition) is 5. The fourth-order valence-electron chi connectivity index (χ4n) is 3.85. The zero-order valence-corrected chi connectivity index (χ0v) is 18.8. The monoisotopic (exact) mass is 423 g/mol. The third kappa shape index (κ3) is 5.90. The number of carbonyl (C=O) groups excluding carboxylic acids is 1. The summed E-state index contributed by atoms with van der Waals surface area (Å²) < 4.78 is 12.1. The fourth-order valence-corrected chi connectivity index (χ4v) is 3.85. The van der Waals surface area contributed by atoms with Gasteiger partial charge >= 0.3 is 0 Å². The average molecular weight is 424 g/mol. The highest BCUT2D eigenvalue weighted by atomic mass is 16.5. The molecule has 1 aromatic carbocycles. The van der Waals surface area contributed by atoms with Crippen LogP contribution in [0, 0.1) is 5.92 Å². The van der Waals surface area contributed by atoms with Gasteiger partial charge in [-0.3, -0.25) is 4.79 Å². The standard InChI is InChI=1S/C25H33N3O3/c1-18(14-25(29)27(2)3)20-6-8-22(9-7-20)31-23-11-13-28(16-23)21-10-12-26-24(15-21)30-17-19-4-5-19/h6-10,12,15,18-19,23H,4-5,11,13-14,16-17H2,1-3H3/t18-,23?/m1/s1. The van der Waals surface area contributed by atoms with Crippen LogP contribution in [0.25, 0.3) is 0 Å². The molecular formula is C25H33N3O3. The summed E-state index contributed by atoms with van der Waals surface area (Å²) in [5.74, 6) is 2.65. The van der Waals surface area contributed by atoms with E-state index in [1.54, 1.807) is 19.0 Å². The van der Waals surface area contributed by atoms with Gasteiger partial charge in [-0.15, -0.1) is 0 Å². The first kappa shape index (κ1) is 21.5. The molecule has 1 amide bonds. The lowest BCUT2D eigenvalue weighted by molar-refractivity contribution is -0.129. The summed E-state index contributed by atoms with van der Waals surface area (Å²) in [5.41, 5.74) is 2.30. The number of rotatable bonds is 9. The van der Waals surface area contributed by atoms with Gasteiger partial charge in [0.15, 0.2) is 0 Å². The third-order valence-electron chi connectivity index (χ3n) is 6.12. The van der Waals surface area contributed by atoms with Crippen LogP contribution < -0.4 is 14.4 Å². The van der Waals surface area contributed by atoms with Crippen molar-refractivity contribution in [2.24, 2.45) is 5.92 Å². The van der Waals surface area contributed by atoms with E-state index in [2.05, 4.69) is 28.9 Å². The molecule has 1 unspecified atom stereocenters. The molecule has 31 heavy (non-hydrogen) atoms. The first-order valence-electron chi connectivity index (χ1n) is 11.3. The average Bonchev–Trinajstić information content (AvgIpc) is 3.49. The lowest BCUT2D eigenvalue weighted by atomic mass is 9.97. The maximum Gasteiger partial charge on any atom is 0.222 e. The molecule has 2 fully saturated rings. The maximum absolute atomic E-state index is 11.9. The molecule has 1 aliphatic heterocycles. The molecule has 0 bridgehead atoms. The van der Waals surface area contributed by atoms with Crippen molar-refractivity contribution in [1.82, 2.24) is 9.88 Å². The van der Waals surface area contributed by atoms with E-state index in [1.165, 1.54) is 12.8 Å². The quantitative estimate of drug-likeness (QED) is 0.608. The van der Waals surface area contributed by atoms with Gasteiger partial charge in [0.2, 0.25) is 11.8 Å². The molecule has 1 saturated heterocycles. The van der Waals surface area contributed by atoms with Crippen molar-refractivity contribution in [2.75, 3.05) is 38.7 Å². The van der Waals surface area contributed by atoms with E-state index >= 15 is 0 Å². The van der Waals surface area contributed by atoms with E-state index in [0.717, 1.165) is 49.0 Å². The minimum absolute atomic E-state index is 0.149. The number of benzene rings is 1. The molecule has 1 saturated carbocycles. The largest absolute Gasteiger partial charge is 0.489 e. The zero-order chi connectivity index (χ0) is 21.8. The maximum atomic E-state index is 11.9. The molecule has 166 valence electrons. The predicted molar refractivity (Wildman–Crippen MR) is 122 cm³/mol. The van der Waals surface area contributed by atoms with E-state index in [-0.39, 0.29) is 17.9 Å². The lowest BCUT2D eigenvalue weighted by Crippen LogP contribution is -2.24. The number of amides is 1. The zero-order valence-electron chi connectivity index (χ0n) is 18.8. The van der Waals surface area contributed by atoms with Gasteiger partial charge in [-0.25, -0.2) is 4.98 Å². The van der Waals surface area contributed by atoms with E-state index < -0.39 is 0 Å². The second kappa shape index (κ2) is 9.58. The third-order valence-corrected chi connectivity index (χ3v) is 6.12. The van der Waals surface area contributed by atoms with Crippen LogP contribution in [0.2, 0.25) is 0 Å². The molecule has 2 atom stereocenters. The Labute approximate surface area is 185 Å². The van der Waals surface area contributed by atoms with Crippen molar-refractivity contribution in [3.63, 3.8) is 0 Å². The van der Waals surface area contributed by atoms with Gasteiger partial charge in [0.1, 0.15) is 11.9 Å². The second-order valence-corrected chi connectivity index (χ2v) is 9.04. The smallest absolute Gasteiger partial charge is 0.222 e. The van der Waals surface area contributed by atoms with E-state index in [9.17, 15) is 4.79 Å². The van der Waals surface area contributed by atoms with Gasteiger partial charge < -0.3 is 19.3 Å². The van der Waals surface area contributed by atoms with Gasteiger partial charge in [-0.1, -0.05) is 19.1 Å². The highest BCUT2D eigenvalue weighted by molar-refractivity contribution is 5.76. The van der Waals surface area contributed by atoms with Crippen LogP contribution >= 0.6 is 0 Å². The van der Waals surface area contributed by atoms with Gasteiger partial charge in [-0.2, -0.15) is 0 Å². The van der Waals surface area contributed by atoms with Crippen LogP contribution in [0.15, 0.2) is 42.6 Å². The molecule has 0 N–H and O–H groups in total. The van der Waals surface area contributed by atoms with Crippen LogP contribution in [0.4, 0.5) is 5.69 Å². The summed E-state index contributed by atoms with van der Waals surface area (Å²) >= 11 is 0. The highest BCUT2D eigenvalue weighted by Gasteiger charge is 2.25. The number of anilines is 1. The number of carbonyl (C=O) groups is 1. The van der Waals surface area contributed by atoms with Crippen LogP contribution in [0.5, 0.6) is 11.6 Å². The molecule has 6 nitrogen and oxygen atoms in total. The number of ether oxygens (including phenoxy) is 2. The Morgan fingerprint density at radius 2 is 1.97 bits per heavy atom. The molecule has 1 aromatic heterocycles. The normalized spacial score (nSPS) is 19.2. The second-order valence-electron chi connectivity index (χ2n) is 9.04. The number of aromatic nitrogens is 1. The molecule has 0 spiro atoms. The molecule has 1 aliphatic carbocycles. The van der Waals surface area contributed by atoms with Crippen molar-refractivity contribution in [3.05, 3.63) is 48.2 Å². The Morgan fingerprint density at radius 1 is 1.19 bits per heavy atom. The van der Waals surface area contributed by atoms with Crippen LogP contribution in [0.1, 0.15) is 44.1 Å². The Hall–Kier alpha value is -2.76. The molecule has 2 aliphatic rings. The summed E-state index contributed by atoms with van der Waals surface area (Å²) in [4.78, 5) is 20.3. The molecule has 2 heterocycles. The van der Waals surface area contributed by atoms with Crippen LogP contribution in [0.3, 0.4) is 0 Å². The first-order chi connectivity index (χ1) is 15.0. The lowest BCUT2D eigenvalue weighted by Gasteiger charge is -2.20. The highest BCUT2D eigenvalue weighted by Crippen LogP contribution is 2.30. The molecule has 4 rings (SSSR count). The molecule has 6 heteroatoms. The number of nitrogens with zero attached hydrogens (tertiary/aromatic N) is 3. The minimum Gasteiger partial charge on any atom is -0.489 e. The Morgan fingerprint density at radius 3 is 2.68 bits per heavy atom. The molecule has 0 radical (unpaired) electrons. The van der Waals surface area contributed by atoms with Gasteiger partial charge in [0.05, 0.1) is 13.2 Å². The van der Waals surface area contributed by atoms with Crippen LogP contribution in [-0.4, -0.2) is 55.7 Å². The van der Waals surface area contributed by atoms with E-state index in [1.807, 2.05) is 30.5 Å². The predicted octanol–water partition coefficient (Wildman–Crippen LogP) is 4.11. The molecular weight excluding hydrogens is 390 g/mol. The number of hydrogen-bond donors (Lipinski definition) is 0. The van der Waals surface area contributed by atoms with Crippen LogP contribution in [-0.2, 0) is 4.79 Å². The summed E-state index contributed by atoms with van der Waals surface area (Å²) in [6, 6.07) is 12.3. The minimum atomic E-state index is 0.149.